The van der Waals surface area contributed by atoms with E-state index >= 15 is 0 Å². The van der Waals surface area contributed by atoms with Gasteiger partial charge in [0, 0.05) is 32.7 Å². The van der Waals surface area contributed by atoms with Crippen LogP contribution in [0, 0.1) is 5.82 Å². The Labute approximate surface area is 159 Å². The number of piperazine rings is 1. The maximum Gasteiger partial charge on any atom is 0.227 e. The van der Waals surface area contributed by atoms with Gasteiger partial charge >= 0.3 is 0 Å². The van der Waals surface area contributed by atoms with Crippen molar-refractivity contribution in [3.8, 4) is 5.75 Å². The van der Waals surface area contributed by atoms with E-state index < -0.39 is 0 Å². The second-order valence-electron chi connectivity index (χ2n) is 6.65. The van der Waals surface area contributed by atoms with E-state index in [1.165, 1.54) is 6.07 Å². The molecule has 1 aliphatic rings. The van der Waals surface area contributed by atoms with Crippen molar-refractivity contribution in [2.75, 3.05) is 39.3 Å². The van der Waals surface area contributed by atoms with E-state index in [4.69, 9.17) is 9.84 Å². The van der Waals surface area contributed by atoms with Crippen molar-refractivity contribution >= 4 is 5.91 Å². The zero-order chi connectivity index (χ0) is 19.1. The number of carbonyl (C=O) groups is 1. The second-order valence-corrected chi connectivity index (χ2v) is 6.65. The molecule has 5 nitrogen and oxygen atoms in total. The number of amides is 1. The molecule has 0 aliphatic carbocycles. The maximum absolute atomic E-state index is 13.5. The van der Waals surface area contributed by atoms with Crippen molar-refractivity contribution in [1.82, 2.24) is 9.80 Å². The van der Waals surface area contributed by atoms with Gasteiger partial charge in [0.05, 0.1) is 13.0 Å². The molecule has 1 saturated heterocycles. The average molecular weight is 372 g/mol. The topological polar surface area (TPSA) is 53.0 Å². The highest BCUT2D eigenvalue weighted by atomic mass is 19.1. The lowest BCUT2D eigenvalue weighted by molar-refractivity contribution is -0.132. The van der Waals surface area contributed by atoms with Gasteiger partial charge in [0.1, 0.15) is 6.61 Å². The van der Waals surface area contributed by atoms with E-state index in [-0.39, 0.29) is 24.1 Å². The number of halogens is 1. The SMILES string of the molecule is O=C(Cc1ccc(CO)cc1)N1CCN(CCOc2ccccc2F)CC1. The molecule has 0 spiro atoms. The van der Waals surface area contributed by atoms with Gasteiger partial charge in [0.25, 0.3) is 0 Å². The third-order valence-corrected chi connectivity index (χ3v) is 4.79. The Morgan fingerprint density at radius 2 is 1.67 bits per heavy atom. The van der Waals surface area contributed by atoms with E-state index in [9.17, 15) is 9.18 Å². The van der Waals surface area contributed by atoms with Crippen LogP contribution in [-0.4, -0.2) is 60.1 Å². The van der Waals surface area contributed by atoms with Crippen LogP contribution in [0.3, 0.4) is 0 Å². The number of para-hydroxylation sites is 1. The van der Waals surface area contributed by atoms with Gasteiger partial charge in [0.2, 0.25) is 5.91 Å². The minimum absolute atomic E-state index is 0.0107. The normalized spacial score (nSPS) is 15.0. The Morgan fingerprint density at radius 1 is 1.00 bits per heavy atom. The number of benzene rings is 2. The molecule has 3 rings (SSSR count). The van der Waals surface area contributed by atoms with Crippen molar-refractivity contribution in [2.45, 2.75) is 13.0 Å². The molecule has 0 saturated carbocycles. The molecule has 6 heteroatoms. The molecular weight excluding hydrogens is 347 g/mol. The van der Waals surface area contributed by atoms with Crippen LogP contribution in [0.4, 0.5) is 4.39 Å². The van der Waals surface area contributed by atoms with Crippen molar-refractivity contribution in [1.29, 1.82) is 0 Å². The highest BCUT2D eigenvalue weighted by molar-refractivity contribution is 5.78. The molecule has 2 aromatic carbocycles. The smallest absolute Gasteiger partial charge is 0.227 e. The molecule has 2 aromatic rings. The molecule has 0 unspecified atom stereocenters. The number of carbonyl (C=O) groups excluding carboxylic acids is 1. The molecule has 0 bridgehead atoms. The highest BCUT2D eigenvalue weighted by Crippen LogP contribution is 2.15. The summed E-state index contributed by atoms with van der Waals surface area (Å²) < 4.78 is 19.0. The minimum atomic E-state index is -0.347. The lowest BCUT2D eigenvalue weighted by Gasteiger charge is -2.34. The van der Waals surface area contributed by atoms with Gasteiger partial charge in [-0.15, -0.1) is 0 Å². The zero-order valence-corrected chi connectivity index (χ0v) is 15.3. The van der Waals surface area contributed by atoms with Crippen LogP contribution in [0.25, 0.3) is 0 Å². The highest BCUT2D eigenvalue weighted by Gasteiger charge is 2.21. The van der Waals surface area contributed by atoms with Crippen molar-refractivity contribution < 1.29 is 19.0 Å². The Bertz CT molecular complexity index is 743. The molecule has 0 radical (unpaired) electrons. The Kier molecular flexibility index (Phi) is 6.79. The van der Waals surface area contributed by atoms with E-state index in [0.29, 0.717) is 32.7 Å². The van der Waals surface area contributed by atoms with Crippen LogP contribution in [0.15, 0.2) is 48.5 Å². The van der Waals surface area contributed by atoms with Crippen LogP contribution in [0.1, 0.15) is 11.1 Å². The molecule has 0 aromatic heterocycles. The number of hydrogen-bond acceptors (Lipinski definition) is 4. The van der Waals surface area contributed by atoms with Gasteiger partial charge in [-0.05, 0) is 23.3 Å². The van der Waals surface area contributed by atoms with Crippen LogP contribution >= 0.6 is 0 Å². The lowest BCUT2D eigenvalue weighted by Crippen LogP contribution is -2.49. The number of aliphatic hydroxyl groups excluding tert-OH is 1. The van der Waals surface area contributed by atoms with Gasteiger partial charge in [-0.1, -0.05) is 36.4 Å². The zero-order valence-electron chi connectivity index (χ0n) is 15.3. The van der Waals surface area contributed by atoms with E-state index in [2.05, 4.69) is 4.90 Å². The quantitative estimate of drug-likeness (QED) is 0.809. The first kappa shape index (κ1) is 19.3. The Morgan fingerprint density at radius 3 is 2.33 bits per heavy atom. The van der Waals surface area contributed by atoms with Gasteiger partial charge in [-0.25, -0.2) is 4.39 Å². The summed E-state index contributed by atoms with van der Waals surface area (Å²) in [4.78, 5) is 16.6. The number of ether oxygens (including phenoxy) is 1. The summed E-state index contributed by atoms with van der Waals surface area (Å²) in [7, 11) is 0. The van der Waals surface area contributed by atoms with E-state index in [0.717, 1.165) is 24.2 Å². The minimum Gasteiger partial charge on any atom is -0.489 e. The molecule has 1 N–H and O–H groups in total. The molecule has 1 aliphatic heterocycles. The fourth-order valence-corrected chi connectivity index (χ4v) is 3.12. The third kappa shape index (κ3) is 5.52. The summed E-state index contributed by atoms with van der Waals surface area (Å²) in [6.07, 6.45) is 0.377. The van der Waals surface area contributed by atoms with Crippen molar-refractivity contribution in [2.24, 2.45) is 0 Å². The predicted molar refractivity (Wildman–Crippen MR) is 101 cm³/mol. The monoisotopic (exact) mass is 372 g/mol. The summed E-state index contributed by atoms with van der Waals surface area (Å²) in [6, 6.07) is 13.9. The molecule has 1 fully saturated rings. The third-order valence-electron chi connectivity index (χ3n) is 4.79. The van der Waals surface area contributed by atoms with Crippen LogP contribution < -0.4 is 4.74 Å². The summed E-state index contributed by atoms with van der Waals surface area (Å²) in [6.45, 7) is 4.09. The molecular formula is C21H25FN2O3. The first-order chi connectivity index (χ1) is 13.2. The van der Waals surface area contributed by atoms with Gasteiger partial charge in [0.15, 0.2) is 11.6 Å². The number of hydrogen-bond donors (Lipinski definition) is 1. The second kappa shape index (κ2) is 9.48. The Hall–Kier alpha value is -2.44. The number of nitrogens with zero attached hydrogens (tertiary/aromatic N) is 2. The lowest BCUT2D eigenvalue weighted by atomic mass is 10.1. The van der Waals surface area contributed by atoms with Crippen LogP contribution in [0.2, 0.25) is 0 Å². The Balaban J connectivity index is 1.39. The van der Waals surface area contributed by atoms with Gasteiger partial charge < -0.3 is 14.7 Å². The standard InChI is InChI=1S/C21H25FN2O3/c22-19-3-1-2-4-20(19)27-14-13-23-9-11-24(12-10-23)21(26)15-17-5-7-18(16-25)8-6-17/h1-8,25H,9-16H2. The summed E-state index contributed by atoms with van der Waals surface area (Å²) in [5, 5.41) is 9.07. The average Bonchev–Trinajstić information content (AvgIpc) is 2.70. The maximum atomic E-state index is 13.5. The predicted octanol–water partition coefficient (Wildman–Crippen LogP) is 2.08. The summed E-state index contributed by atoms with van der Waals surface area (Å²) >= 11 is 0. The van der Waals surface area contributed by atoms with Crippen molar-refractivity contribution in [3.63, 3.8) is 0 Å². The summed E-state index contributed by atoms with van der Waals surface area (Å²) in [5.41, 5.74) is 1.80. The fraction of sp³-hybridized carbons (Fsp3) is 0.381. The van der Waals surface area contributed by atoms with Crippen LogP contribution in [0.5, 0.6) is 5.75 Å². The molecule has 1 heterocycles. The van der Waals surface area contributed by atoms with Gasteiger partial charge in [-0.2, -0.15) is 0 Å². The fourth-order valence-electron chi connectivity index (χ4n) is 3.12. The summed E-state index contributed by atoms with van der Waals surface area (Å²) in [5.74, 6) is 0.0486. The van der Waals surface area contributed by atoms with Crippen molar-refractivity contribution in [3.05, 3.63) is 65.5 Å². The van der Waals surface area contributed by atoms with Crippen LogP contribution in [-0.2, 0) is 17.8 Å². The molecule has 1 amide bonds. The molecule has 0 atom stereocenters. The molecule has 144 valence electrons. The van der Waals surface area contributed by atoms with Gasteiger partial charge in [-0.3, -0.25) is 9.69 Å². The number of rotatable bonds is 7. The first-order valence-electron chi connectivity index (χ1n) is 9.22. The largest absolute Gasteiger partial charge is 0.489 e. The molecule has 27 heavy (non-hydrogen) atoms. The van der Waals surface area contributed by atoms with E-state index in [1.807, 2.05) is 29.2 Å². The number of aliphatic hydroxyl groups is 1. The van der Waals surface area contributed by atoms with E-state index in [1.54, 1.807) is 18.2 Å². The first-order valence-corrected chi connectivity index (χ1v) is 9.22.